The summed E-state index contributed by atoms with van der Waals surface area (Å²) in [5.41, 5.74) is -0.434. The number of hydrogen-bond donors (Lipinski definition) is 0. The zero-order chi connectivity index (χ0) is 24.3. The quantitative estimate of drug-likeness (QED) is 0.491. The van der Waals surface area contributed by atoms with Gasteiger partial charge in [-0.15, -0.1) is 0 Å². The standard InChI is InChI=1S/C27H34N4O4/c32-24(30(18-21-6-4-7-21)19-23-10-5-15-35-23)16-27(22-8-2-1-3-9-22)17-25(33)31(26(27)34)14-13-29-12-11-28-20-29/h1-3,8-9,11-12,20-21,23H,4-7,10,13-19H2. The first-order chi connectivity index (χ1) is 17.0. The molecule has 3 amide bonds. The second-order valence-corrected chi connectivity index (χ2v) is 10.2. The Kier molecular flexibility index (Phi) is 7.00. The monoisotopic (exact) mass is 478 g/mol. The predicted molar refractivity (Wildman–Crippen MR) is 129 cm³/mol. The van der Waals surface area contributed by atoms with E-state index in [-0.39, 0.29) is 43.2 Å². The highest BCUT2D eigenvalue weighted by Crippen LogP contribution is 2.40. The summed E-state index contributed by atoms with van der Waals surface area (Å²) in [5.74, 6) is -0.0474. The molecule has 3 heterocycles. The van der Waals surface area contributed by atoms with Crippen molar-refractivity contribution in [2.24, 2.45) is 5.92 Å². The molecule has 0 spiro atoms. The molecule has 0 radical (unpaired) electrons. The van der Waals surface area contributed by atoms with Gasteiger partial charge in [0.1, 0.15) is 0 Å². The summed E-state index contributed by atoms with van der Waals surface area (Å²) >= 11 is 0. The Labute approximate surface area is 206 Å². The zero-order valence-corrected chi connectivity index (χ0v) is 20.2. The highest BCUT2D eigenvalue weighted by molar-refractivity contribution is 6.10. The maximum Gasteiger partial charge on any atom is 0.240 e. The van der Waals surface area contributed by atoms with Crippen LogP contribution in [0.1, 0.15) is 50.5 Å². The lowest BCUT2D eigenvalue weighted by atomic mass is 9.75. The van der Waals surface area contributed by atoms with Gasteiger partial charge in [0.2, 0.25) is 17.7 Å². The molecule has 3 fully saturated rings. The number of imide groups is 1. The van der Waals surface area contributed by atoms with E-state index < -0.39 is 5.41 Å². The zero-order valence-electron chi connectivity index (χ0n) is 20.2. The van der Waals surface area contributed by atoms with Crippen LogP contribution in [0.2, 0.25) is 0 Å². The van der Waals surface area contributed by atoms with Crippen LogP contribution in [0.4, 0.5) is 0 Å². The van der Waals surface area contributed by atoms with E-state index in [1.807, 2.05) is 46.0 Å². The summed E-state index contributed by atoms with van der Waals surface area (Å²) in [5, 5.41) is 0. The van der Waals surface area contributed by atoms with Crippen LogP contribution in [0.25, 0.3) is 0 Å². The summed E-state index contributed by atoms with van der Waals surface area (Å²) in [7, 11) is 0. The average Bonchev–Trinajstić information content (AvgIpc) is 3.58. The number of ether oxygens (including phenoxy) is 1. The number of hydrogen-bond acceptors (Lipinski definition) is 5. The molecule has 1 aromatic heterocycles. The maximum absolute atomic E-state index is 13.9. The van der Waals surface area contributed by atoms with Crippen LogP contribution >= 0.6 is 0 Å². The van der Waals surface area contributed by atoms with Gasteiger partial charge in [0, 0.05) is 58.0 Å². The molecule has 1 aromatic carbocycles. The molecule has 8 heteroatoms. The number of imidazole rings is 1. The fraction of sp³-hybridized carbons (Fsp3) is 0.556. The molecule has 35 heavy (non-hydrogen) atoms. The minimum Gasteiger partial charge on any atom is -0.376 e. The molecule has 1 saturated carbocycles. The maximum atomic E-state index is 13.9. The van der Waals surface area contributed by atoms with Gasteiger partial charge in [0.15, 0.2) is 0 Å². The number of carbonyl (C=O) groups excluding carboxylic acids is 3. The first-order valence-electron chi connectivity index (χ1n) is 12.8. The molecule has 2 saturated heterocycles. The molecule has 8 nitrogen and oxygen atoms in total. The second kappa shape index (κ2) is 10.3. The normalized spacial score (nSPS) is 24.7. The van der Waals surface area contributed by atoms with Crippen molar-refractivity contribution in [2.45, 2.75) is 63.0 Å². The molecule has 186 valence electrons. The molecule has 5 rings (SSSR count). The van der Waals surface area contributed by atoms with Crippen LogP contribution < -0.4 is 0 Å². The lowest BCUT2D eigenvalue weighted by molar-refractivity contribution is -0.143. The number of benzene rings is 1. The van der Waals surface area contributed by atoms with E-state index >= 15 is 0 Å². The topological polar surface area (TPSA) is 84.7 Å². The molecule has 1 aliphatic carbocycles. The molecule has 0 bridgehead atoms. The van der Waals surface area contributed by atoms with E-state index in [1.54, 1.807) is 12.5 Å². The number of rotatable bonds is 10. The van der Waals surface area contributed by atoms with Crippen molar-refractivity contribution < 1.29 is 19.1 Å². The highest BCUT2D eigenvalue weighted by atomic mass is 16.5. The predicted octanol–water partition coefficient (Wildman–Crippen LogP) is 2.78. The van der Waals surface area contributed by atoms with E-state index in [9.17, 15) is 14.4 Å². The summed E-state index contributed by atoms with van der Waals surface area (Å²) in [6.45, 7) is 2.74. The third kappa shape index (κ3) is 5.03. The van der Waals surface area contributed by atoms with Crippen LogP contribution in [0.5, 0.6) is 0 Å². The van der Waals surface area contributed by atoms with Crippen molar-refractivity contribution in [1.82, 2.24) is 19.4 Å². The molecular weight excluding hydrogens is 444 g/mol. The van der Waals surface area contributed by atoms with Crippen molar-refractivity contribution in [3.8, 4) is 0 Å². The van der Waals surface area contributed by atoms with E-state index in [1.165, 1.54) is 11.3 Å². The van der Waals surface area contributed by atoms with Gasteiger partial charge in [0.05, 0.1) is 17.8 Å². The number of amides is 3. The molecule has 2 aromatic rings. The SMILES string of the molecule is O=C(CC1(c2ccccc2)CC(=O)N(CCn2ccnc2)C1=O)N(CC1CCC1)CC1CCCO1. The highest BCUT2D eigenvalue weighted by Gasteiger charge is 2.54. The minimum atomic E-state index is -1.17. The van der Waals surface area contributed by atoms with Crippen molar-refractivity contribution in [3.05, 3.63) is 54.6 Å². The van der Waals surface area contributed by atoms with Crippen molar-refractivity contribution in [2.75, 3.05) is 26.2 Å². The van der Waals surface area contributed by atoms with E-state index in [0.29, 0.717) is 25.6 Å². The number of aromatic nitrogens is 2. The Morgan fingerprint density at radius 2 is 1.91 bits per heavy atom. The number of nitrogens with zero attached hydrogens (tertiary/aromatic N) is 4. The van der Waals surface area contributed by atoms with Crippen LogP contribution in [-0.4, -0.2) is 69.4 Å². The van der Waals surface area contributed by atoms with E-state index in [2.05, 4.69) is 4.98 Å². The van der Waals surface area contributed by atoms with Crippen LogP contribution in [0.15, 0.2) is 49.1 Å². The minimum absolute atomic E-state index is 0.00258. The lowest BCUT2D eigenvalue weighted by Gasteiger charge is -2.36. The third-order valence-corrected chi connectivity index (χ3v) is 7.83. The fourth-order valence-corrected chi connectivity index (χ4v) is 5.55. The Balaban J connectivity index is 1.38. The van der Waals surface area contributed by atoms with Crippen LogP contribution in [-0.2, 0) is 31.1 Å². The first kappa shape index (κ1) is 23.7. The molecule has 2 atom stereocenters. The van der Waals surface area contributed by atoms with Gasteiger partial charge in [-0.1, -0.05) is 36.8 Å². The Morgan fingerprint density at radius 3 is 2.57 bits per heavy atom. The summed E-state index contributed by atoms with van der Waals surface area (Å²) in [6, 6.07) is 9.36. The first-order valence-corrected chi connectivity index (χ1v) is 12.8. The summed E-state index contributed by atoms with van der Waals surface area (Å²) in [4.78, 5) is 48.1. The largest absolute Gasteiger partial charge is 0.376 e. The Bertz CT molecular complexity index is 1030. The Morgan fingerprint density at radius 1 is 1.09 bits per heavy atom. The van der Waals surface area contributed by atoms with Gasteiger partial charge in [-0.25, -0.2) is 4.98 Å². The summed E-state index contributed by atoms with van der Waals surface area (Å²) in [6.07, 6.45) is 10.7. The van der Waals surface area contributed by atoms with Crippen molar-refractivity contribution in [3.63, 3.8) is 0 Å². The lowest BCUT2D eigenvalue weighted by Crippen LogP contribution is -2.47. The number of likely N-dealkylation sites (tertiary alicyclic amines) is 1. The molecular formula is C27H34N4O4. The smallest absolute Gasteiger partial charge is 0.240 e. The van der Waals surface area contributed by atoms with Gasteiger partial charge < -0.3 is 14.2 Å². The van der Waals surface area contributed by atoms with Crippen molar-refractivity contribution in [1.29, 1.82) is 0 Å². The van der Waals surface area contributed by atoms with Gasteiger partial charge in [-0.3, -0.25) is 19.3 Å². The number of carbonyl (C=O) groups is 3. The van der Waals surface area contributed by atoms with Crippen LogP contribution in [0.3, 0.4) is 0 Å². The van der Waals surface area contributed by atoms with Gasteiger partial charge in [0.25, 0.3) is 0 Å². The molecule has 3 aliphatic rings. The average molecular weight is 479 g/mol. The summed E-state index contributed by atoms with van der Waals surface area (Å²) < 4.78 is 7.68. The Hall–Kier alpha value is -3.00. The second-order valence-electron chi connectivity index (χ2n) is 10.2. The van der Waals surface area contributed by atoms with E-state index in [4.69, 9.17) is 4.74 Å². The van der Waals surface area contributed by atoms with Gasteiger partial charge in [-0.2, -0.15) is 0 Å². The fourth-order valence-electron chi connectivity index (χ4n) is 5.55. The molecule has 0 N–H and O–H groups in total. The van der Waals surface area contributed by atoms with E-state index in [0.717, 1.165) is 37.9 Å². The molecule has 2 unspecified atom stereocenters. The van der Waals surface area contributed by atoms with Crippen LogP contribution in [0, 0.1) is 5.92 Å². The van der Waals surface area contributed by atoms with Gasteiger partial charge in [-0.05, 0) is 37.2 Å². The third-order valence-electron chi connectivity index (χ3n) is 7.83. The molecule has 2 aliphatic heterocycles. The van der Waals surface area contributed by atoms with Crippen molar-refractivity contribution >= 4 is 17.7 Å². The van der Waals surface area contributed by atoms with Gasteiger partial charge >= 0.3 is 0 Å².